The first-order chi connectivity index (χ1) is 6.24. The summed E-state index contributed by atoms with van der Waals surface area (Å²) in [5.41, 5.74) is 0.801. The zero-order chi connectivity index (χ0) is 9.68. The first-order valence-corrected chi connectivity index (χ1v) is 4.67. The minimum atomic E-state index is -0.444. The molecule has 13 heavy (non-hydrogen) atoms. The van der Waals surface area contributed by atoms with Crippen molar-refractivity contribution in [1.29, 1.82) is 0 Å². The lowest BCUT2D eigenvalue weighted by molar-refractivity contribution is 0.164. The average Bonchev–Trinajstić information content (AvgIpc) is 2.15. The molecule has 2 heteroatoms. The number of halogens is 1. The molecule has 0 saturated heterocycles. The van der Waals surface area contributed by atoms with Crippen LogP contribution in [-0.4, -0.2) is 5.11 Å². The molecule has 0 radical (unpaired) electrons. The fraction of sp³-hybridized carbons (Fsp3) is 0.455. The highest BCUT2D eigenvalue weighted by Crippen LogP contribution is 2.18. The second kappa shape index (κ2) is 4.97. The summed E-state index contributed by atoms with van der Waals surface area (Å²) in [5, 5.41) is 9.62. The molecule has 1 N–H and O–H groups in total. The van der Waals surface area contributed by atoms with Crippen LogP contribution in [-0.2, 0) is 0 Å². The monoisotopic (exact) mass is 182 g/mol. The standard InChI is InChI=1S/C11H15FO/c1-2-3-4-11(13)9-5-7-10(12)8-6-9/h5-8,11,13H,2-4H2,1H3/t11-/m1/s1. The second-order valence-electron chi connectivity index (χ2n) is 3.21. The lowest BCUT2D eigenvalue weighted by Crippen LogP contribution is -1.96. The number of hydrogen-bond donors (Lipinski definition) is 1. The highest BCUT2D eigenvalue weighted by atomic mass is 19.1. The van der Waals surface area contributed by atoms with Crippen molar-refractivity contribution < 1.29 is 9.50 Å². The molecule has 0 saturated carbocycles. The Hall–Kier alpha value is -0.890. The van der Waals surface area contributed by atoms with Crippen molar-refractivity contribution in [3.63, 3.8) is 0 Å². The van der Waals surface area contributed by atoms with Gasteiger partial charge in [-0.15, -0.1) is 0 Å². The van der Waals surface area contributed by atoms with Gasteiger partial charge in [-0.1, -0.05) is 31.9 Å². The van der Waals surface area contributed by atoms with Gasteiger partial charge < -0.3 is 5.11 Å². The fourth-order valence-corrected chi connectivity index (χ4v) is 1.25. The van der Waals surface area contributed by atoms with E-state index in [0.29, 0.717) is 0 Å². The largest absolute Gasteiger partial charge is 0.388 e. The van der Waals surface area contributed by atoms with Crippen LogP contribution in [0.3, 0.4) is 0 Å². The predicted molar refractivity (Wildman–Crippen MR) is 50.9 cm³/mol. The molecule has 0 aliphatic carbocycles. The molecular formula is C11H15FO. The highest BCUT2D eigenvalue weighted by molar-refractivity contribution is 5.18. The summed E-state index contributed by atoms with van der Waals surface area (Å²) in [4.78, 5) is 0. The molecule has 1 rings (SSSR count). The summed E-state index contributed by atoms with van der Waals surface area (Å²) < 4.78 is 12.5. The zero-order valence-corrected chi connectivity index (χ0v) is 7.83. The molecule has 0 fully saturated rings. The predicted octanol–water partition coefficient (Wildman–Crippen LogP) is 3.05. The maximum absolute atomic E-state index is 12.5. The maximum Gasteiger partial charge on any atom is 0.123 e. The van der Waals surface area contributed by atoms with Crippen molar-refractivity contribution >= 4 is 0 Å². The Morgan fingerprint density at radius 3 is 2.46 bits per heavy atom. The van der Waals surface area contributed by atoms with Gasteiger partial charge >= 0.3 is 0 Å². The molecule has 1 atom stereocenters. The smallest absolute Gasteiger partial charge is 0.123 e. The summed E-state index contributed by atoms with van der Waals surface area (Å²) in [5.74, 6) is -0.258. The zero-order valence-electron chi connectivity index (χ0n) is 7.83. The Kier molecular flexibility index (Phi) is 3.90. The number of rotatable bonds is 4. The van der Waals surface area contributed by atoms with Gasteiger partial charge in [-0.05, 0) is 24.1 Å². The Bertz CT molecular complexity index is 243. The van der Waals surface area contributed by atoms with E-state index in [1.165, 1.54) is 12.1 Å². The molecule has 0 unspecified atom stereocenters. The van der Waals surface area contributed by atoms with Crippen LogP contribution in [0.2, 0.25) is 0 Å². The first-order valence-electron chi connectivity index (χ1n) is 4.67. The number of aliphatic hydroxyl groups is 1. The van der Waals surface area contributed by atoms with Gasteiger partial charge in [-0.2, -0.15) is 0 Å². The van der Waals surface area contributed by atoms with E-state index in [2.05, 4.69) is 6.92 Å². The van der Waals surface area contributed by atoms with Gasteiger partial charge in [0, 0.05) is 0 Å². The number of benzene rings is 1. The Morgan fingerprint density at radius 1 is 1.31 bits per heavy atom. The molecule has 0 heterocycles. The van der Waals surface area contributed by atoms with Crippen LogP contribution in [0, 0.1) is 5.82 Å². The molecule has 0 aliphatic rings. The molecule has 1 aromatic rings. The summed E-state index contributed by atoms with van der Waals surface area (Å²) in [6.45, 7) is 2.08. The van der Waals surface area contributed by atoms with Gasteiger partial charge in [0.1, 0.15) is 5.82 Å². The van der Waals surface area contributed by atoms with Crippen LogP contribution >= 0.6 is 0 Å². The highest BCUT2D eigenvalue weighted by Gasteiger charge is 2.05. The van der Waals surface area contributed by atoms with Crippen molar-refractivity contribution in [2.24, 2.45) is 0 Å². The SMILES string of the molecule is CCCC[C@@H](O)c1ccc(F)cc1. The summed E-state index contributed by atoms with van der Waals surface area (Å²) >= 11 is 0. The Labute approximate surface area is 78.2 Å². The quantitative estimate of drug-likeness (QED) is 0.758. The van der Waals surface area contributed by atoms with Gasteiger partial charge in [-0.3, -0.25) is 0 Å². The number of unbranched alkanes of at least 4 members (excludes halogenated alkanes) is 1. The van der Waals surface area contributed by atoms with Crippen molar-refractivity contribution in [2.45, 2.75) is 32.3 Å². The Balaban J connectivity index is 2.55. The molecule has 0 aliphatic heterocycles. The van der Waals surface area contributed by atoms with Crippen molar-refractivity contribution in [3.05, 3.63) is 35.6 Å². The van der Waals surface area contributed by atoms with Crippen molar-refractivity contribution in [1.82, 2.24) is 0 Å². The van der Waals surface area contributed by atoms with Gasteiger partial charge in [0.25, 0.3) is 0 Å². The summed E-state index contributed by atoms with van der Waals surface area (Å²) in [6.07, 6.45) is 2.37. The van der Waals surface area contributed by atoms with E-state index < -0.39 is 6.10 Å². The molecule has 1 aromatic carbocycles. The maximum atomic E-state index is 12.5. The van der Waals surface area contributed by atoms with E-state index in [9.17, 15) is 9.50 Å². The third-order valence-electron chi connectivity index (χ3n) is 2.09. The van der Waals surface area contributed by atoms with Gasteiger partial charge in [0.05, 0.1) is 6.10 Å². The Morgan fingerprint density at radius 2 is 1.92 bits per heavy atom. The molecule has 0 bridgehead atoms. The fourth-order valence-electron chi connectivity index (χ4n) is 1.25. The van der Waals surface area contributed by atoms with Crippen molar-refractivity contribution in [2.75, 3.05) is 0 Å². The molecule has 0 amide bonds. The van der Waals surface area contributed by atoms with E-state index in [1.54, 1.807) is 12.1 Å². The third-order valence-corrected chi connectivity index (χ3v) is 2.09. The van der Waals surface area contributed by atoms with Gasteiger partial charge in [0.15, 0.2) is 0 Å². The minimum absolute atomic E-state index is 0.258. The van der Waals surface area contributed by atoms with E-state index in [-0.39, 0.29) is 5.82 Å². The van der Waals surface area contributed by atoms with Crippen LogP contribution in [0.15, 0.2) is 24.3 Å². The van der Waals surface area contributed by atoms with Crippen molar-refractivity contribution in [3.8, 4) is 0 Å². The molecule has 72 valence electrons. The van der Waals surface area contributed by atoms with E-state index in [0.717, 1.165) is 24.8 Å². The summed E-state index contributed by atoms with van der Waals surface area (Å²) in [7, 11) is 0. The lowest BCUT2D eigenvalue weighted by Gasteiger charge is -2.09. The molecule has 1 nitrogen and oxygen atoms in total. The number of aliphatic hydroxyl groups excluding tert-OH is 1. The molecule has 0 aromatic heterocycles. The minimum Gasteiger partial charge on any atom is -0.388 e. The van der Waals surface area contributed by atoms with Crippen LogP contribution < -0.4 is 0 Å². The average molecular weight is 182 g/mol. The topological polar surface area (TPSA) is 20.2 Å². The van der Waals surface area contributed by atoms with Crippen LogP contribution in [0.5, 0.6) is 0 Å². The number of hydrogen-bond acceptors (Lipinski definition) is 1. The van der Waals surface area contributed by atoms with Crippen LogP contribution in [0.25, 0.3) is 0 Å². The first kappa shape index (κ1) is 10.2. The van der Waals surface area contributed by atoms with Crippen LogP contribution in [0.1, 0.15) is 37.9 Å². The molecular weight excluding hydrogens is 167 g/mol. The molecule has 0 spiro atoms. The van der Waals surface area contributed by atoms with Gasteiger partial charge in [0.2, 0.25) is 0 Å². The van der Waals surface area contributed by atoms with Gasteiger partial charge in [-0.25, -0.2) is 4.39 Å². The lowest BCUT2D eigenvalue weighted by atomic mass is 10.0. The summed E-state index contributed by atoms with van der Waals surface area (Å²) in [6, 6.07) is 6.03. The third kappa shape index (κ3) is 3.15. The van der Waals surface area contributed by atoms with E-state index in [1.807, 2.05) is 0 Å². The second-order valence-corrected chi connectivity index (χ2v) is 3.21. The van der Waals surface area contributed by atoms with E-state index >= 15 is 0 Å². The normalized spacial score (nSPS) is 12.8. The van der Waals surface area contributed by atoms with Crippen LogP contribution in [0.4, 0.5) is 4.39 Å². The van der Waals surface area contributed by atoms with E-state index in [4.69, 9.17) is 0 Å².